The second-order valence-corrected chi connectivity index (χ2v) is 5.71. The molecule has 110 valence electrons. The van der Waals surface area contributed by atoms with Crippen LogP contribution in [-0.4, -0.2) is 18.1 Å². The highest BCUT2D eigenvalue weighted by molar-refractivity contribution is 5.42. The Balaban J connectivity index is 1.69. The molecule has 1 aromatic heterocycles. The lowest BCUT2D eigenvalue weighted by Gasteiger charge is -2.29. The Kier molecular flexibility index (Phi) is 4.20. The smallest absolute Gasteiger partial charge is 0.122 e. The number of methoxy groups -OCH3 is 1. The van der Waals surface area contributed by atoms with Gasteiger partial charge in [-0.1, -0.05) is 18.2 Å². The largest absolute Gasteiger partial charge is 0.496 e. The first-order chi connectivity index (χ1) is 10.3. The second-order valence-electron chi connectivity index (χ2n) is 5.71. The van der Waals surface area contributed by atoms with E-state index in [0.717, 1.165) is 25.0 Å². The van der Waals surface area contributed by atoms with E-state index in [9.17, 15) is 0 Å². The highest BCUT2D eigenvalue weighted by Gasteiger charge is 2.22. The van der Waals surface area contributed by atoms with Crippen LogP contribution in [0.15, 0.2) is 42.7 Å². The minimum absolute atomic E-state index is 0.329. The number of aromatic nitrogens is 1. The summed E-state index contributed by atoms with van der Waals surface area (Å²) in [5, 5.41) is 3.73. The molecule has 0 bridgehead atoms. The number of fused-ring (bicyclic) bond motifs is 1. The van der Waals surface area contributed by atoms with Crippen LogP contribution in [0.3, 0.4) is 0 Å². The van der Waals surface area contributed by atoms with Crippen molar-refractivity contribution in [2.24, 2.45) is 0 Å². The molecule has 0 saturated carbocycles. The first kappa shape index (κ1) is 14.1. The zero-order chi connectivity index (χ0) is 14.7. The minimum atomic E-state index is 0.329. The van der Waals surface area contributed by atoms with Gasteiger partial charge in [-0.2, -0.15) is 0 Å². The molecule has 1 heterocycles. The Labute approximate surface area is 126 Å². The molecule has 2 aromatic rings. The van der Waals surface area contributed by atoms with E-state index in [1.54, 1.807) is 7.11 Å². The van der Waals surface area contributed by atoms with E-state index < -0.39 is 0 Å². The molecule has 0 spiro atoms. The van der Waals surface area contributed by atoms with Crippen LogP contribution in [0.1, 0.15) is 36.1 Å². The van der Waals surface area contributed by atoms with Crippen molar-refractivity contribution >= 4 is 0 Å². The van der Waals surface area contributed by atoms with Gasteiger partial charge in [-0.25, -0.2) is 0 Å². The summed E-state index contributed by atoms with van der Waals surface area (Å²) in [5.41, 5.74) is 4.04. The third-order valence-electron chi connectivity index (χ3n) is 4.33. The van der Waals surface area contributed by atoms with E-state index in [2.05, 4.69) is 41.5 Å². The lowest BCUT2D eigenvalue weighted by Crippen LogP contribution is -2.36. The molecule has 0 fully saturated rings. The standard InChI is InChI=1S/C18H22N2O/c1-13(15-6-4-10-19-12-15)20-16-8-9-17-14(11-16)5-3-7-18(17)21-2/h3-7,10,12-13,16,20H,8-9,11H2,1-2H3/t13-,16-/m1/s1. The van der Waals surface area contributed by atoms with Gasteiger partial charge in [0.05, 0.1) is 7.11 Å². The maximum absolute atomic E-state index is 5.47. The molecule has 1 aromatic carbocycles. The summed E-state index contributed by atoms with van der Waals surface area (Å²) < 4.78 is 5.47. The monoisotopic (exact) mass is 282 g/mol. The summed E-state index contributed by atoms with van der Waals surface area (Å²) >= 11 is 0. The van der Waals surface area contributed by atoms with Crippen LogP contribution < -0.4 is 10.1 Å². The van der Waals surface area contributed by atoms with Gasteiger partial charge >= 0.3 is 0 Å². The van der Waals surface area contributed by atoms with Gasteiger partial charge < -0.3 is 10.1 Å². The number of hydrogen-bond acceptors (Lipinski definition) is 3. The van der Waals surface area contributed by atoms with Crippen LogP contribution in [0.25, 0.3) is 0 Å². The molecule has 1 N–H and O–H groups in total. The molecule has 0 saturated heterocycles. The van der Waals surface area contributed by atoms with E-state index >= 15 is 0 Å². The van der Waals surface area contributed by atoms with E-state index in [1.807, 2.05) is 18.5 Å². The van der Waals surface area contributed by atoms with Gasteiger partial charge in [0.25, 0.3) is 0 Å². The molecular weight excluding hydrogens is 260 g/mol. The zero-order valence-corrected chi connectivity index (χ0v) is 12.7. The molecule has 3 nitrogen and oxygen atoms in total. The lowest BCUT2D eigenvalue weighted by atomic mass is 9.87. The van der Waals surface area contributed by atoms with Crippen LogP contribution in [0.5, 0.6) is 5.75 Å². The number of benzene rings is 1. The quantitative estimate of drug-likeness (QED) is 0.934. The first-order valence-corrected chi connectivity index (χ1v) is 7.58. The number of ether oxygens (including phenoxy) is 1. The Morgan fingerprint density at radius 2 is 2.19 bits per heavy atom. The molecular formula is C18H22N2O. The molecule has 2 atom stereocenters. The van der Waals surface area contributed by atoms with Crippen molar-refractivity contribution in [3.8, 4) is 5.75 Å². The number of pyridine rings is 1. The number of rotatable bonds is 4. The molecule has 0 amide bonds. The summed E-state index contributed by atoms with van der Waals surface area (Å²) in [5.74, 6) is 1.03. The fraction of sp³-hybridized carbons (Fsp3) is 0.389. The van der Waals surface area contributed by atoms with Crippen molar-refractivity contribution in [2.45, 2.75) is 38.3 Å². The zero-order valence-electron chi connectivity index (χ0n) is 12.7. The summed E-state index contributed by atoms with van der Waals surface area (Å²) in [4.78, 5) is 4.20. The number of hydrogen-bond donors (Lipinski definition) is 1. The predicted octanol–water partition coefficient (Wildman–Crippen LogP) is 3.30. The van der Waals surface area contributed by atoms with Crippen molar-refractivity contribution in [1.82, 2.24) is 10.3 Å². The van der Waals surface area contributed by atoms with Gasteiger partial charge in [-0.15, -0.1) is 0 Å². The number of nitrogens with zero attached hydrogens (tertiary/aromatic N) is 1. The molecule has 0 unspecified atom stereocenters. The maximum Gasteiger partial charge on any atom is 0.122 e. The van der Waals surface area contributed by atoms with Crippen molar-refractivity contribution < 1.29 is 4.74 Å². The highest BCUT2D eigenvalue weighted by Crippen LogP contribution is 2.30. The van der Waals surface area contributed by atoms with Gasteiger partial charge in [0.1, 0.15) is 5.75 Å². The lowest BCUT2D eigenvalue weighted by molar-refractivity contribution is 0.386. The SMILES string of the molecule is COc1cccc2c1CC[C@@H](N[C@H](C)c1cccnc1)C2. The molecule has 3 rings (SSSR count). The third-order valence-corrected chi connectivity index (χ3v) is 4.33. The summed E-state index contributed by atoms with van der Waals surface area (Å²) in [6.45, 7) is 2.21. The van der Waals surface area contributed by atoms with E-state index in [0.29, 0.717) is 12.1 Å². The Morgan fingerprint density at radius 3 is 2.95 bits per heavy atom. The minimum Gasteiger partial charge on any atom is -0.496 e. The predicted molar refractivity (Wildman–Crippen MR) is 84.6 cm³/mol. The van der Waals surface area contributed by atoms with E-state index in [-0.39, 0.29) is 0 Å². The summed E-state index contributed by atoms with van der Waals surface area (Å²) in [6, 6.07) is 11.3. The van der Waals surface area contributed by atoms with Gasteiger partial charge in [0, 0.05) is 24.5 Å². The fourth-order valence-electron chi connectivity index (χ4n) is 3.19. The van der Waals surface area contributed by atoms with Gasteiger partial charge in [0.15, 0.2) is 0 Å². The Bertz CT molecular complexity index is 597. The summed E-state index contributed by atoms with van der Waals surface area (Å²) in [7, 11) is 1.75. The maximum atomic E-state index is 5.47. The Hall–Kier alpha value is -1.87. The van der Waals surface area contributed by atoms with Gasteiger partial charge in [-0.05, 0) is 55.0 Å². The van der Waals surface area contributed by atoms with Crippen LogP contribution >= 0.6 is 0 Å². The van der Waals surface area contributed by atoms with Gasteiger partial charge in [0.2, 0.25) is 0 Å². The molecule has 3 heteroatoms. The number of nitrogens with one attached hydrogen (secondary N) is 1. The normalized spacial score (nSPS) is 18.9. The first-order valence-electron chi connectivity index (χ1n) is 7.58. The topological polar surface area (TPSA) is 34.1 Å². The van der Waals surface area contributed by atoms with E-state index in [1.165, 1.54) is 16.7 Å². The van der Waals surface area contributed by atoms with Crippen molar-refractivity contribution in [2.75, 3.05) is 7.11 Å². The van der Waals surface area contributed by atoms with Crippen molar-refractivity contribution in [1.29, 1.82) is 0 Å². The van der Waals surface area contributed by atoms with Crippen LogP contribution in [-0.2, 0) is 12.8 Å². The fourth-order valence-corrected chi connectivity index (χ4v) is 3.19. The summed E-state index contributed by atoms with van der Waals surface area (Å²) in [6.07, 6.45) is 7.06. The molecule has 1 aliphatic rings. The molecule has 21 heavy (non-hydrogen) atoms. The van der Waals surface area contributed by atoms with Crippen LogP contribution in [0.2, 0.25) is 0 Å². The average Bonchev–Trinajstić information content (AvgIpc) is 2.54. The highest BCUT2D eigenvalue weighted by atomic mass is 16.5. The average molecular weight is 282 g/mol. The molecule has 1 aliphatic carbocycles. The Morgan fingerprint density at radius 1 is 1.29 bits per heavy atom. The van der Waals surface area contributed by atoms with Crippen LogP contribution in [0, 0.1) is 0 Å². The molecule has 0 aliphatic heterocycles. The van der Waals surface area contributed by atoms with Crippen molar-refractivity contribution in [3.05, 3.63) is 59.4 Å². The third kappa shape index (κ3) is 3.08. The van der Waals surface area contributed by atoms with Gasteiger partial charge in [-0.3, -0.25) is 4.98 Å². The van der Waals surface area contributed by atoms with Crippen LogP contribution in [0.4, 0.5) is 0 Å². The molecule has 0 radical (unpaired) electrons. The van der Waals surface area contributed by atoms with E-state index in [4.69, 9.17) is 4.74 Å². The van der Waals surface area contributed by atoms with Crippen molar-refractivity contribution in [3.63, 3.8) is 0 Å². The second kappa shape index (κ2) is 6.27.